The first-order valence-electron chi connectivity index (χ1n) is 9.90. The van der Waals surface area contributed by atoms with Gasteiger partial charge in [0.2, 0.25) is 5.01 Å². The van der Waals surface area contributed by atoms with Crippen LogP contribution in [0.5, 0.6) is 0 Å². The van der Waals surface area contributed by atoms with Crippen molar-refractivity contribution in [3.63, 3.8) is 0 Å². The summed E-state index contributed by atoms with van der Waals surface area (Å²) in [4.78, 5) is 26.9. The molecule has 0 radical (unpaired) electrons. The van der Waals surface area contributed by atoms with Crippen molar-refractivity contribution in [2.24, 2.45) is 0 Å². The maximum absolute atomic E-state index is 12.3. The zero-order valence-electron chi connectivity index (χ0n) is 16.2. The van der Waals surface area contributed by atoms with Crippen LogP contribution in [0, 0.1) is 0 Å². The molecule has 3 rings (SSSR count). The van der Waals surface area contributed by atoms with Gasteiger partial charge in [0, 0.05) is 17.8 Å². The zero-order valence-corrected chi connectivity index (χ0v) is 17.1. The van der Waals surface area contributed by atoms with E-state index < -0.39 is 0 Å². The molecular formula is C20H27N5O2S. The third-order valence-electron chi connectivity index (χ3n) is 4.75. The Hall–Kier alpha value is -2.32. The molecule has 2 amide bonds. The average molecular weight is 402 g/mol. The van der Waals surface area contributed by atoms with E-state index in [1.54, 1.807) is 24.3 Å². The predicted octanol–water partition coefficient (Wildman–Crippen LogP) is 2.96. The van der Waals surface area contributed by atoms with E-state index in [1.807, 2.05) is 6.92 Å². The van der Waals surface area contributed by atoms with Crippen LogP contribution in [0.4, 0.5) is 5.69 Å². The standard InChI is InChI=1S/C20H27N5O2S/c1-2-17-23-24-20(28-17)19(27)22-16-9-7-15(8-10-16)18(26)21-11-6-14-25-12-4-3-5-13-25/h7-10H,2-6,11-14H2,1H3,(H,21,26)(H,22,27). The van der Waals surface area contributed by atoms with Crippen molar-refractivity contribution in [2.75, 3.05) is 31.5 Å². The molecule has 8 heteroatoms. The minimum absolute atomic E-state index is 0.0896. The summed E-state index contributed by atoms with van der Waals surface area (Å²) in [5.74, 6) is -0.375. The van der Waals surface area contributed by atoms with Crippen LogP contribution < -0.4 is 10.6 Å². The number of nitrogens with one attached hydrogen (secondary N) is 2. The van der Waals surface area contributed by atoms with E-state index in [1.165, 1.54) is 43.7 Å². The van der Waals surface area contributed by atoms with Crippen molar-refractivity contribution in [1.29, 1.82) is 0 Å². The van der Waals surface area contributed by atoms with Gasteiger partial charge in [0.1, 0.15) is 5.01 Å². The summed E-state index contributed by atoms with van der Waals surface area (Å²) in [5, 5.41) is 14.8. The van der Waals surface area contributed by atoms with Gasteiger partial charge in [-0.1, -0.05) is 24.7 Å². The number of carbonyl (C=O) groups is 2. The topological polar surface area (TPSA) is 87.2 Å². The summed E-state index contributed by atoms with van der Waals surface area (Å²) < 4.78 is 0. The lowest BCUT2D eigenvalue weighted by Gasteiger charge is -2.26. The van der Waals surface area contributed by atoms with Gasteiger partial charge < -0.3 is 15.5 Å². The van der Waals surface area contributed by atoms with Gasteiger partial charge in [0.05, 0.1) is 0 Å². The molecule has 0 bridgehead atoms. The Morgan fingerprint density at radius 3 is 2.50 bits per heavy atom. The van der Waals surface area contributed by atoms with Gasteiger partial charge in [-0.2, -0.15) is 0 Å². The Labute approximate surface area is 169 Å². The molecule has 7 nitrogen and oxygen atoms in total. The van der Waals surface area contributed by atoms with E-state index in [9.17, 15) is 9.59 Å². The number of likely N-dealkylation sites (tertiary alicyclic amines) is 1. The normalized spacial score (nSPS) is 14.6. The second kappa shape index (κ2) is 10.3. The third kappa shape index (κ3) is 5.84. The zero-order chi connectivity index (χ0) is 19.8. The second-order valence-corrected chi connectivity index (χ2v) is 7.96. The molecular weight excluding hydrogens is 374 g/mol. The number of anilines is 1. The van der Waals surface area contributed by atoms with Gasteiger partial charge in [-0.25, -0.2) is 0 Å². The molecule has 150 valence electrons. The molecule has 0 aliphatic carbocycles. The summed E-state index contributed by atoms with van der Waals surface area (Å²) in [6.45, 7) is 6.04. The molecule has 0 saturated carbocycles. The van der Waals surface area contributed by atoms with E-state index in [0.717, 1.165) is 24.4 Å². The smallest absolute Gasteiger partial charge is 0.286 e. The van der Waals surface area contributed by atoms with Gasteiger partial charge in [0.15, 0.2) is 0 Å². The summed E-state index contributed by atoms with van der Waals surface area (Å²) in [7, 11) is 0. The first kappa shape index (κ1) is 20.4. The molecule has 1 aliphatic heterocycles. The van der Waals surface area contributed by atoms with Gasteiger partial charge in [-0.3, -0.25) is 9.59 Å². The molecule has 2 heterocycles. The van der Waals surface area contributed by atoms with Crippen molar-refractivity contribution in [3.05, 3.63) is 39.8 Å². The van der Waals surface area contributed by atoms with Crippen molar-refractivity contribution < 1.29 is 9.59 Å². The Morgan fingerprint density at radius 2 is 1.82 bits per heavy atom. The minimum Gasteiger partial charge on any atom is -0.352 e. The molecule has 1 aliphatic rings. The SMILES string of the molecule is CCc1nnc(C(=O)Nc2ccc(C(=O)NCCCN3CCCCC3)cc2)s1. The number of hydrogen-bond acceptors (Lipinski definition) is 6. The lowest BCUT2D eigenvalue weighted by molar-refractivity contribution is 0.0950. The molecule has 1 fully saturated rings. The van der Waals surface area contributed by atoms with Crippen LogP contribution in [0.2, 0.25) is 0 Å². The molecule has 0 spiro atoms. The molecule has 1 saturated heterocycles. The molecule has 28 heavy (non-hydrogen) atoms. The number of aryl methyl sites for hydroxylation is 1. The number of nitrogens with zero attached hydrogens (tertiary/aromatic N) is 3. The van der Waals surface area contributed by atoms with Gasteiger partial charge in [-0.05, 0) is 69.6 Å². The van der Waals surface area contributed by atoms with Crippen LogP contribution in [0.25, 0.3) is 0 Å². The molecule has 1 aromatic carbocycles. The Kier molecular flexibility index (Phi) is 7.50. The Bertz CT molecular complexity index is 784. The Balaban J connectivity index is 1.42. The van der Waals surface area contributed by atoms with Gasteiger partial charge in [-0.15, -0.1) is 10.2 Å². The van der Waals surface area contributed by atoms with E-state index in [2.05, 4.69) is 25.7 Å². The van der Waals surface area contributed by atoms with Crippen molar-refractivity contribution >= 4 is 28.8 Å². The maximum Gasteiger partial charge on any atom is 0.286 e. The minimum atomic E-state index is -0.285. The van der Waals surface area contributed by atoms with E-state index in [-0.39, 0.29) is 11.8 Å². The monoisotopic (exact) mass is 401 g/mol. The Morgan fingerprint density at radius 1 is 1.07 bits per heavy atom. The van der Waals surface area contributed by atoms with Gasteiger partial charge in [0.25, 0.3) is 11.8 Å². The number of hydrogen-bond donors (Lipinski definition) is 2. The molecule has 2 N–H and O–H groups in total. The fourth-order valence-electron chi connectivity index (χ4n) is 3.17. The summed E-state index contributed by atoms with van der Waals surface area (Å²) >= 11 is 1.29. The molecule has 0 atom stereocenters. The number of amides is 2. The molecule has 0 unspecified atom stereocenters. The first-order valence-corrected chi connectivity index (χ1v) is 10.7. The quantitative estimate of drug-likeness (QED) is 0.664. The maximum atomic E-state index is 12.3. The van der Waals surface area contributed by atoms with Crippen molar-refractivity contribution in [3.8, 4) is 0 Å². The first-order chi connectivity index (χ1) is 13.7. The van der Waals surface area contributed by atoms with Crippen LogP contribution in [0.1, 0.15) is 57.8 Å². The highest BCUT2D eigenvalue weighted by atomic mass is 32.1. The lowest BCUT2D eigenvalue weighted by Crippen LogP contribution is -2.33. The summed E-state index contributed by atoms with van der Waals surface area (Å²) in [5.41, 5.74) is 1.21. The van der Waals surface area contributed by atoms with Crippen LogP contribution in [-0.4, -0.2) is 53.1 Å². The number of piperidine rings is 1. The third-order valence-corrected chi connectivity index (χ3v) is 5.82. The summed E-state index contributed by atoms with van der Waals surface area (Å²) in [6, 6.07) is 6.88. The fraction of sp³-hybridized carbons (Fsp3) is 0.500. The average Bonchev–Trinajstić information content (AvgIpc) is 3.22. The van der Waals surface area contributed by atoms with E-state index in [4.69, 9.17) is 0 Å². The van der Waals surface area contributed by atoms with Crippen LogP contribution in [-0.2, 0) is 6.42 Å². The highest BCUT2D eigenvalue weighted by molar-refractivity contribution is 7.13. The fourth-order valence-corrected chi connectivity index (χ4v) is 3.84. The van der Waals surface area contributed by atoms with Crippen LogP contribution >= 0.6 is 11.3 Å². The van der Waals surface area contributed by atoms with Gasteiger partial charge >= 0.3 is 0 Å². The number of rotatable bonds is 8. The number of carbonyl (C=O) groups excluding carboxylic acids is 2. The second-order valence-electron chi connectivity index (χ2n) is 6.90. The lowest BCUT2D eigenvalue weighted by atomic mass is 10.1. The van der Waals surface area contributed by atoms with Crippen LogP contribution in [0.3, 0.4) is 0 Å². The highest BCUT2D eigenvalue weighted by Crippen LogP contribution is 2.15. The van der Waals surface area contributed by atoms with E-state index in [0.29, 0.717) is 22.8 Å². The highest BCUT2D eigenvalue weighted by Gasteiger charge is 2.13. The largest absolute Gasteiger partial charge is 0.352 e. The molecule has 2 aromatic rings. The molecule has 1 aromatic heterocycles. The van der Waals surface area contributed by atoms with Crippen LogP contribution in [0.15, 0.2) is 24.3 Å². The summed E-state index contributed by atoms with van der Waals surface area (Å²) in [6.07, 6.45) is 5.63. The van der Waals surface area contributed by atoms with Crippen molar-refractivity contribution in [2.45, 2.75) is 39.0 Å². The predicted molar refractivity (Wildman–Crippen MR) is 111 cm³/mol. The van der Waals surface area contributed by atoms with Crippen molar-refractivity contribution in [1.82, 2.24) is 20.4 Å². The number of aromatic nitrogens is 2. The van der Waals surface area contributed by atoms with E-state index >= 15 is 0 Å². The number of benzene rings is 1.